The molecule has 1 aromatic carbocycles. The van der Waals surface area contributed by atoms with Gasteiger partial charge in [-0.1, -0.05) is 0 Å². The molecule has 4 N–H and O–H groups in total. The largest absolute Gasteiger partial charge is 0.357 e. The van der Waals surface area contributed by atoms with Crippen LogP contribution in [0.4, 0.5) is 10.5 Å². The number of benzene rings is 1. The first-order valence-corrected chi connectivity index (χ1v) is 7.01. The molecule has 0 heterocycles. The number of carbonyl (C=O) groups is 1. The summed E-state index contributed by atoms with van der Waals surface area (Å²) in [6.45, 7) is 0. The van der Waals surface area contributed by atoms with Gasteiger partial charge in [0.05, 0.1) is 4.90 Å². The SMILES string of the molecule is CNS(=O)(=O)c1ccc(NS(=O)C(N)=O)cc1. The minimum atomic E-state index is -3.51. The van der Waals surface area contributed by atoms with Crippen molar-refractivity contribution >= 4 is 31.9 Å². The first kappa shape index (κ1) is 13.6. The van der Waals surface area contributed by atoms with Crippen LogP contribution in [0.25, 0.3) is 0 Å². The Hall–Kier alpha value is -1.45. The van der Waals surface area contributed by atoms with Crippen molar-refractivity contribution in [2.24, 2.45) is 5.73 Å². The zero-order chi connectivity index (χ0) is 13.1. The van der Waals surface area contributed by atoms with Crippen molar-refractivity contribution in [2.45, 2.75) is 4.90 Å². The second-order valence-electron chi connectivity index (χ2n) is 2.92. The lowest BCUT2D eigenvalue weighted by Gasteiger charge is -2.05. The molecule has 0 saturated carbocycles. The summed E-state index contributed by atoms with van der Waals surface area (Å²) in [6, 6.07) is 5.38. The molecule has 1 unspecified atom stereocenters. The van der Waals surface area contributed by atoms with Crippen molar-refractivity contribution in [1.82, 2.24) is 4.72 Å². The summed E-state index contributed by atoms with van der Waals surface area (Å²) in [7, 11) is -4.24. The van der Waals surface area contributed by atoms with Gasteiger partial charge in [-0.3, -0.25) is 9.52 Å². The highest BCUT2D eigenvalue weighted by atomic mass is 32.2. The topological polar surface area (TPSA) is 118 Å². The quantitative estimate of drug-likeness (QED) is 0.703. The molecule has 1 atom stereocenters. The summed E-state index contributed by atoms with van der Waals surface area (Å²) in [5, 5.41) is -1.00. The third-order valence-corrected chi connectivity index (χ3v) is 4.04. The van der Waals surface area contributed by atoms with E-state index in [1.807, 2.05) is 0 Å². The van der Waals surface area contributed by atoms with Gasteiger partial charge >= 0.3 is 5.24 Å². The number of nitrogens with two attached hydrogens (primary N) is 1. The van der Waals surface area contributed by atoms with Crippen molar-refractivity contribution in [2.75, 3.05) is 11.8 Å². The van der Waals surface area contributed by atoms with E-state index in [0.29, 0.717) is 5.69 Å². The number of carbonyl (C=O) groups excluding carboxylic acids is 1. The molecular formula is C8H11N3O4S2. The van der Waals surface area contributed by atoms with Crippen LogP contribution in [0.1, 0.15) is 0 Å². The number of hydrogen-bond acceptors (Lipinski definition) is 4. The maximum atomic E-state index is 11.4. The molecule has 0 bridgehead atoms. The molecule has 9 heteroatoms. The van der Waals surface area contributed by atoms with Gasteiger partial charge in [0.25, 0.3) is 0 Å². The van der Waals surface area contributed by atoms with Crippen molar-refractivity contribution in [3.63, 3.8) is 0 Å². The molecule has 7 nitrogen and oxygen atoms in total. The Labute approximate surface area is 101 Å². The van der Waals surface area contributed by atoms with Gasteiger partial charge in [0.1, 0.15) is 0 Å². The van der Waals surface area contributed by atoms with Crippen LogP contribution in [0.2, 0.25) is 0 Å². The normalized spacial score (nSPS) is 13.0. The van der Waals surface area contributed by atoms with Crippen LogP contribution in [0, 0.1) is 0 Å². The van der Waals surface area contributed by atoms with Gasteiger partial charge in [0.2, 0.25) is 21.0 Å². The summed E-state index contributed by atoms with van der Waals surface area (Å²) < 4.78 is 38.3. The third kappa shape index (κ3) is 3.51. The van der Waals surface area contributed by atoms with Gasteiger partial charge in [-0.2, -0.15) is 0 Å². The molecule has 0 aliphatic heterocycles. The minimum absolute atomic E-state index is 0.0652. The average Bonchev–Trinajstić information content (AvgIpc) is 2.29. The average molecular weight is 277 g/mol. The Morgan fingerprint density at radius 1 is 1.29 bits per heavy atom. The number of amides is 1. The van der Waals surface area contributed by atoms with Crippen LogP contribution >= 0.6 is 0 Å². The number of hydrogen-bond donors (Lipinski definition) is 3. The van der Waals surface area contributed by atoms with E-state index in [0.717, 1.165) is 0 Å². The van der Waals surface area contributed by atoms with Gasteiger partial charge in [-0.05, 0) is 31.3 Å². The van der Waals surface area contributed by atoms with Crippen LogP contribution in [0.15, 0.2) is 29.2 Å². The van der Waals surface area contributed by atoms with Crippen LogP contribution in [0.3, 0.4) is 0 Å². The van der Waals surface area contributed by atoms with Crippen molar-refractivity contribution in [3.8, 4) is 0 Å². The van der Waals surface area contributed by atoms with E-state index in [-0.39, 0.29) is 4.90 Å². The predicted molar refractivity (Wildman–Crippen MR) is 64.0 cm³/mol. The zero-order valence-corrected chi connectivity index (χ0v) is 10.5. The van der Waals surface area contributed by atoms with Crippen molar-refractivity contribution < 1.29 is 17.4 Å². The van der Waals surface area contributed by atoms with Gasteiger partial charge in [-0.15, -0.1) is 0 Å². The number of anilines is 1. The Bertz CT molecular complexity index is 538. The lowest BCUT2D eigenvalue weighted by Crippen LogP contribution is -2.21. The van der Waals surface area contributed by atoms with Crippen molar-refractivity contribution in [1.29, 1.82) is 0 Å². The highest BCUT2D eigenvalue weighted by molar-refractivity contribution is 8.01. The molecular weight excluding hydrogens is 266 g/mol. The highest BCUT2D eigenvalue weighted by Gasteiger charge is 2.11. The lowest BCUT2D eigenvalue weighted by molar-refractivity contribution is 0.266. The first-order chi connectivity index (χ1) is 7.86. The summed E-state index contributed by atoms with van der Waals surface area (Å²) >= 11 is 0. The van der Waals surface area contributed by atoms with Crippen LogP contribution < -0.4 is 15.2 Å². The van der Waals surface area contributed by atoms with E-state index in [1.165, 1.54) is 31.3 Å². The van der Waals surface area contributed by atoms with E-state index in [4.69, 9.17) is 5.73 Å². The van der Waals surface area contributed by atoms with E-state index in [2.05, 4.69) is 9.44 Å². The second kappa shape index (κ2) is 5.25. The van der Waals surface area contributed by atoms with Crippen LogP contribution in [-0.2, 0) is 21.0 Å². The van der Waals surface area contributed by atoms with Crippen LogP contribution in [-0.4, -0.2) is 24.9 Å². The van der Waals surface area contributed by atoms with E-state index >= 15 is 0 Å². The highest BCUT2D eigenvalue weighted by Crippen LogP contribution is 2.14. The molecule has 0 aliphatic rings. The van der Waals surface area contributed by atoms with Gasteiger partial charge in [-0.25, -0.2) is 17.3 Å². The second-order valence-corrected chi connectivity index (χ2v) is 5.95. The fourth-order valence-electron chi connectivity index (χ4n) is 0.977. The minimum Gasteiger partial charge on any atom is -0.357 e. The summed E-state index contributed by atoms with van der Waals surface area (Å²) in [6.07, 6.45) is 0. The number of rotatable bonds is 4. The maximum absolute atomic E-state index is 11.4. The molecule has 0 radical (unpaired) electrons. The molecule has 1 amide bonds. The molecule has 1 rings (SSSR count). The van der Waals surface area contributed by atoms with Gasteiger partial charge in [0, 0.05) is 5.69 Å². The Morgan fingerprint density at radius 2 is 1.82 bits per heavy atom. The smallest absolute Gasteiger partial charge is 0.327 e. The first-order valence-electron chi connectivity index (χ1n) is 4.38. The van der Waals surface area contributed by atoms with E-state index in [1.54, 1.807) is 0 Å². The van der Waals surface area contributed by atoms with Gasteiger partial charge < -0.3 is 5.73 Å². The van der Waals surface area contributed by atoms with Crippen LogP contribution in [0.5, 0.6) is 0 Å². The van der Waals surface area contributed by atoms with E-state index < -0.39 is 26.2 Å². The lowest BCUT2D eigenvalue weighted by atomic mass is 10.3. The van der Waals surface area contributed by atoms with Crippen molar-refractivity contribution in [3.05, 3.63) is 24.3 Å². The predicted octanol–water partition coefficient (Wildman–Crippen LogP) is -0.251. The fraction of sp³-hybridized carbons (Fsp3) is 0.125. The molecule has 0 aliphatic carbocycles. The maximum Gasteiger partial charge on any atom is 0.327 e. The zero-order valence-electron chi connectivity index (χ0n) is 8.84. The molecule has 17 heavy (non-hydrogen) atoms. The molecule has 0 aromatic heterocycles. The Kier molecular flexibility index (Phi) is 4.21. The number of nitrogens with one attached hydrogen (secondary N) is 2. The van der Waals surface area contributed by atoms with Gasteiger partial charge in [0.15, 0.2) is 0 Å². The number of primary amides is 1. The Balaban J connectivity index is 2.90. The summed E-state index contributed by atoms with van der Waals surface area (Å²) in [5.41, 5.74) is 5.13. The molecule has 0 saturated heterocycles. The third-order valence-electron chi connectivity index (χ3n) is 1.83. The molecule has 0 fully saturated rings. The van der Waals surface area contributed by atoms with E-state index in [9.17, 15) is 17.4 Å². The fourth-order valence-corrected chi connectivity index (χ4v) is 2.16. The molecule has 1 aromatic rings. The standard InChI is InChI=1S/C8H11N3O4S2/c1-10-17(14,15)7-4-2-6(3-5-7)11-16(13)8(9)12/h2-5,10-11H,1H3,(H2,9,12). The monoisotopic (exact) mass is 277 g/mol. The Morgan fingerprint density at radius 3 is 2.24 bits per heavy atom. The number of sulfonamides is 1. The molecule has 94 valence electrons. The summed E-state index contributed by atoms with van der Waals surface area (Å²) in [4.78, 5) is 10.6. The molecule has 0 spiro atoms. The summed E-state index contributed by atoms with van der Waals surface area (Å²) in [5.74, 6) is 0.